The Morgan fingerprint density at radius 1 is 0.897 bits per heavy atom. The van der Waals surface area contributed by atoms with Crippen LogP contribution < -0.4 is 0 Å². The highest BCUT2D eigenvalue weighted by atomic mass is 16.5. The van der Waals surface area contributed by atoms with E-state index >= 15 is 0 Å². The van der Waals surface area contributed by atoms with Crippen molar-refractivity contribution in [1.29, 1.82) is 0 Å². The van der Waals surface area contributed by atoms with Crippen molar-refractivity contribution >= 4 is 5.97 Å². The summed E-state index contributed by atoms with van der Waals surface area (Å²) in [5, 5.41) is 29.6. The molecule has 0 aliphatic carbocycles. The Bertz CT molecular complexity index is 435. The average Bonchev–Trinajstić information content (AvgIpc) is 2.65. The zero-order valence-electron chi connectivity index (χ0n) is 18.4. The van der Waals surface area contributed by atoms with Gasteiger partial charge in [-0.2, -0.15) is 0 Å². The van der Waals surface area contributed by atoms with E-state index in [0.29, 0.717) is 12.8 Å². The quantitative estimate of drug-likeness (QED) is 0.577. The molecule has 4 unspecified atom stereocenters. The van der Waals surface area contributed by atoms with Crippen molar-refractivity contribution in [2.45, 2.75) is 134 Å². The molecule has 5 nitrogen and oxygen atoms in total. The van der Waals surface area contributed by atoms with Gasteiger partial charge in [0, 0.05) is 12.5 Å². The lowest BCUT2D eigenvalue weighted by molar-refractivity contribution is -0.145. The number of ether oxygens (including phenoxy) is 1. The second-order valence-electron chi connectivity index (χ2n) is 8.78. The van der Waals surface area contributed by atoms with E-state index in [4.69, 9.17) is 4.74 Å². The van der Waals surface area contributed by atoms with Crippen LogP contribution in [0.15, 0.2) is 12.2 Å². The van der Waals surface area contributed by atoms with Gasteiger partial charge in [0.25, 0.3) is 0 Å². The van der Waals surface area contributed by atoms with Crippen molar-refractivity contribution in [3.8, 4) is 0 Å². The first kappa shape index (κ1) is 26.1. The van der Waals surface area contributed by atoms with Crippen LogP contribution in [0.5, 0.6) is 0 Å². The van der Waals surface area contributed by atoms with Gasteiger partial charge in [-0.15, -0.1) is 0 Å². The molecule has 0 fully saturated rings. The summed E-state index contributed by atoms with van der Waals surface area (Å²) in [7, 11) is 0. The summed E-state index contributed by atoms with van der Waals surface area (Å²) < 4.78 is 5.55. The van der Waals surface area contributed by atoms with Gasteiger partial charge in [-0.05, 0) is 38.7 Å². The standard InChI is InChI=1S/C24H44O5/c1-20(25)18-22(27)19-23-15-13-11-9-7-5-3-2-4-6-8-10-12-14-21(26)16-17-24(28)29-23/h16-17,20-23,25-27H,2-15,18-19H2,1H3. The fraction of sp³-hybridized carbons (Fsp3) is 0.875. The van der Waals surface area contributed by atoms with Crippen LogP contribution in [0, 0.1) is 0 Å². The number of aliphatic hydroxyl groups excluding tert-OH is 3. The second-order valence-corrected chi connectivity index (χ2v) is 8.78. The van der Waals surface area contributed by atoms with Crippen molar-refractivity contribution in [2.24, 2.45) is 0 Å². The monoisotopic (exact) mass is 412 g/mol. The molecular formula is C24H44O5. The summed E-state index contributed by atoms with van der Waals surface area (Å²) in [6, 6.07) is 0. The van der Waals surface area contributed by atoms with Crippen molar-refractivity contribution in [3.05, 3.63) is 12.2 Å². The van der Waals surface area contributed by atoms with Gasteiger partial charge >= 0.3 is 5.97 Å². The Morgan fingerprint density at radius 3 is 1.90 bits per heavy atom. The summed E-state index contributed by atoms with van der Waals surface area (Å²) in [4.78, 5) is 12.2. The molecule has 1 heterocycles. The minimum absolute atomic E-state index is 0.280. The van der Waals surface area contributed by atoms with E-state index in [1.165, 1.54) is 63.5 Å². The third-order valence-corrected chi connectivity index (χ3v) is 5.66. The van der Waals surface area contributed by atoms with Crippen LogP contribution in [0.2, 0.25) is 0 Å². The van der Waals surface area contributed by atoms with Gasteiger partial charge < -0.3 is 20.1 Å². The molecule has 0 saturated heterocycles. The number of hydrogen-bond donors (Lipinski definition) is 3. The second kappa shape index (κ2) is 16.8. The fourth-order valence-corrected chi connectivity index (χ4v) is 4.00. The Hall–Kier alpha value is -0.910. The van der Waals surface area contributed by atoms with Crippen molar-refractivity contribution in [3.63, 3.8) is 0 Å². The first-order valence-corrected chi connectivity index (χ1v) is 11.9. The summed E-state index contributed by atoms with van der Waals surface area (Å²) in [5.41, 5.74) is 0. The van der Waals surface area contributed by atoms with E-state index < -0.39 is 24.3 Å². The van der Waals surface area contributed by atoms with Crippen LogP contribution in [-0.2, 0) is 9.53 Å². The lowest BCUT2D eigenvalue weighted by atomic mass is 10.00. The number of carbonyl (C=O) groups excluding carboxylic acids is 1. The first-order chi connectivity index (χ1) is 14.0. The Morgan fingerprint density at radius 2 is 1.38 bits per heavy atom. The SMILES string of the molecule is CC(O)CC(O)CC1CCCCCCCCCCCCCCC(O)C=CC(=O)O1. The third-order valence-electron chi connectivity index (χ3n) is 5.66. The highest BCUT2D eigenvalue weighted by molar-refractivity contribution is 5.82. The van der Waals surface area contributed by atoms with Gasteiger partial charge in [-0.1, -0.05) is 70.6 Å². The van der Waals surface area contributed by atoms with Gasteiger partial charge in [0.2, 0.25) is 0 Å². The number of esters is 1. The summed E-state index contributed by atoms with van der Waals surface area (Å²) in [6.07, 6.45) is 17.0. The number of aliphatic hydroxyl groups is 3. The van der Waals surface area contributed by atoms with Gasteiger partial charge in [-0.25, -0.2) is 4.79 Å². The van der Waals surface area contributed by atoms with E-state index in [0.717, 1.165) is 32.1 Å². The lowest BCUT2D eigenvalue weighted by Gasteiger charge is -2.21. The largest absolute Gasteiger partial charge is 0.459 e. The third kappa shape index (κ3) is 15.6. The zero-order chi connectivity index (χ0) is 21.3. The molecular weight excluding hydrogens is 368 g/mol. The number of hydrogen-bond acceptors (Lipinski definition) is 5. The molecule has 0 aromatic heterocycles. The van der Waals surface area contributed by atoms with E-state index in [1.54, 1.807) is 6.92 Å². The predicted octanol–water partition coefficient (Wildman–Crippen LogP) is 4.81. The van der Waals surface area contributed by atoms with Crippen LogP contribution in [-0.4, -0.2) is 45.7 Å². The zero-order valence-corrected chi connectivity index (χ0v) is 18.4. The maximum absolute atomic E-state index is 12.2. The Kier molecular flexibility index (Phi) is 15.2. The normalized spacial score (nSPS) is 27.0. The molecule has 3 N–H and O–H groups in total. The Labute approximate surface area is 177 Å². The summed E-state index contributed by atoms with van der Waals surface area (Å²) >= 11 is 0. The molecule has 5 heteroatoms. The van der Waals surface area contributed by atoms with Gasteiger partial charge in [-0.3, -0.25) is 0 Å². The molecule has 170 valence electrons. The molecule has 0 spiro atoms. The maximum atomic E-state index is 12.2. The molecule has 0 amide bonds. The molecule has 1 rings (SSSR count). The van der Waals surface area contributed by atoms with Gasteiger partial charge in [0.1, 0.15) is 6.10 Å². The minimum Gasteiger partial charge on any atom is -0.459 e. The van der Waals surface area contributed by atoms with Crippen molar-refractivity contribution in [1.82, 2.24) is 0 Å². The molecule has 1 aliphatic rings. The molecule has 0 aromatic carbocycles. The smallest absolute Gasteiger partial charge is 0.330 e. The predicted molar refractivity (Wildman–Crippen MR) is 117 cm³/mol. The molecule has 0 saturated carbocycles. The first-order valence-electron chi connectivity index (χ1n) is 11.9. The van der Waals surface area contributed by atoms with E-state index in [2.05, 4.69) is 0 Å². The highest BCUT2D eigenvalue weighted by Gasteiger charge is 2.19. The van der Waals surface area contributed by atoms with Crippen LogP contribution >= 0.6 is 0 Å². The molecule has 0 bridgehead atoms. The van der Waals surface area contributed by atoms with Gasteiger partial charge in [0.05, 0.1) is 18.3 Å². The Balaban J connectivity index is 2.56. The maximum Gasteiger partial charge on any atom is 0.330 e. The average molecular weight is 413 g/mol. The van der Waals surface area contributed by atoms with Crippen LogP contribution in [0.3, 0.4) is 0 Å². The lowest BCUT2D eigenvalue weighted by Crippen LogP contribution is -2.25. The van der Waals surface area contributed by atoms with Crippen LogP contribution in [0.4, 0.5) is 0 Å². The molecule has 4 atom stereocenters. The van der Waals surface area contributed by atoms with Gasteiger partial charge in [0.15, 0.2) is 0 Å². The molecule has 0 aromatic rings. The highest BCUT2D eigenvalue weighted by Crippen LogP contribution is 2.18. The van der Waals surface area contributed by atoms with Crippen LogP contribution in [0.25, 0.3) is 0 Å². The summed E-state index contributed by atoms with van der Waals surface area (Å²) in [5.74, 6) is -0.465. The minimum atomic E-state index is -0.687. The number of carbonyl (C=O) groups is 1. The van der Waals surface area contributed by atoms with Crippen molar-refractivity contribution < 1.29 is 24.9 Å². The number of rotatable bonds is 4. The van der Waals surface area contributed by atoms with E-state index in [9.17, 15) is 20.1 Å². The molecule has 29 heavy (non-hydrogen) atoms. The van der Waals surface area contributed by atoms with Crippen molar-refractivity contribution in [2.75, 3.05) is 0 Å². The fourth-order valence-electron chi connectivity index (χ4n) is 4.00. The summed E-state index contributed by atoms with van der Waals surface area (Å²) in [6.45, 7) is 1.65. The molecule has 0 radical (unpaired) electrons. The number of cyclic esters (lactones) is 1. The van der Waals surface area contributed by atoms with E-state index in [1.807, 2.05) is 0 Å². The molecule has 1 aliphatic heterocycles. The van der Waals surface area contributed by atoms with Crippen LogP contribution in [0.1, 0.15) is 110 Å². The topological polar surface area (TPSA) is 87.0 Å². The van der Waals surface area contributed by atoms with E-state index in [-0.39, 0.29) is 12.5 Å².